The van der Waals surface area contributed by atoms with Gasteiger partial charge in [0.2, 0.25) is 0 Å². The number of hydrogen-bond donors (Lipinski definition) is 1. The van der Waals surface area contributed by atoms with Gasteiger partial charge in [0.25, 0.3) is 0 Å². The summed E-state index contributed by atoms with van der Waals surface area (Å²) in [6.45, 7) is 4.59. The van der Waals surface area contributed by atoms with Gasteiger partial charge < -0.3 is 30.6 Å². The van der Waals surface area contributed by atoms with Crippen molar-refractivity contribution in [3.05, 3.63) is 35.4 Å². The molecule has 0 amide bonds. The summed E-state index contributed by atoms with van der Waals surface area (Å²) < 4.78 is 0.0833. The van der Waals surface area contributed by atoms with Crippen LogP contribution in [0.5, 0.6) is 0 Å². The summed E-state index contributed by atoms with van der Waals surface area (Å²) in [6.07, 6.45) is 25.0. The van der Waals surface area contributed by atoms with Crippen LogP contribution in [0, 0.1) is 6.07 Å². The molecule has 1 nitrogen and oxygen atoms in total. The average Bonchev–Trinajstić information content (AvgIpc) is 2.72. The molecule has 0 aliphatic heterocycles. The molecule has 1 aromatic rings. The summed E-state index contributed by atoms with van der Waals surface area (Å²) in [4.78, 5) is 0. The summed E-state index contributed by atoms with van der Waals surface area (Å²) in [5.74, 6) is 0. The van der Waals surface area contributed by atoms with Crippen molar-refractivity contribution in [2.75, 3.05) is 0 Å². The van der Waals surface area contributed by atoms with Crippen molar-refractivity contribution in [3.8, 4) is 0 Å². The van der Waals surface area contributed by atoms with Gasteiger partial charge in [-0.25, -0.2) is 0 Å². The van der Waals surface area contributed by atoms with E-state index in [1.807, 2.05) is 0 Å². The van der Waals surface area contributed by atoms with Crippen molar-refractivity contribution < 1.29 is 19.5 Å². The van der Waals surface area contributed by atoms with Gasteiger partial charge in [0.05, 0.1) is 0 Å². The number of unbranched alkanes of at least 4 members (excludes halogenated alkanes) is 14. The Labute approximate surface area is 218 Å². The Bertz CT molecular complexity index is 465. The van der Waals surface area contributed by atoms with Crippen molar-refractivity contribution >= 4 is 29.2 Å². The van der Waals surface area contributed by atoms with Crippen molar-refractivity contribution in [2.24, 2.45) is 5.73 Å². The Morgan fingerprint density at radius 1 is 0.774 bits per heavy atom. The van der Waals surface area contributed by atoms with Gasteiger partial charge in [-0.15, -0.1) is 0 Å². The monoisotopic (exact) mass is 513 g/mol. The first-order chi connectivity index (χ1) is 14.6. The fourth-order valence-electron chi connectivity index (χ4n) is 3.86. The van der Waals surface area contributed by atoms with E-state index >= 15 is 0 Å². The van der Waals surface area contributed by atoms with E-state index in [0.29, 0.717) is 0 Å². The Morgan fingerprint density at radius 2 is 1.16 bits per heavy atom. The molecule has 0 spiro atoms. The molecule has 0 aliphatic rings. The molecule has 1 rings (SSSR count). The molecule has 0 aromatic heterocycles. The normalized spacial score (nSPS) is 10.1. The fourth-order valence-corrected chi connectivity index (χ4v) is 3.86. The first-order valence-electron chi connectivity index (χ1n) is 12.6. The summed E-state index contributed by atoms with van der Waals surface area (Å²) >= 11 is 8.26. The van der Waals surface area contributed by atoms with Gasteiger partial charge >= 0.3 is 19.5 Å². The maximum Gasteiger partial charge on any atom is 2.00 e. The second kappa shape index (κ2) is 26.2. The van der Waals surface area contributed by atoms with E-state index in [9.17, 15) is 0 Å². The molecule has 0 aliphatic carbocycles. The summed E-state index contributed by atoms with van der Waals surface area (Å²) in [5, 5.41) is 0. The molecule has 174 valence electrons. The molecule has 0 heterocycles. The predicted molar refractivity (Wildman–Crippen MR) is 142 cm³/mol. The molecule has 2 N–H and O–H groups in total. The van der Waals surface area contributed by atoms with Crippen molar-refractivity contribution in [1.29, 1.82) is 0 Å². The summed E-state index contributed by atoms with van der Waals surface area (Å²) in [6, 6.07) is 10.2. The molecule has 0 saturated heterocycles. The molecule has 31 heavy (non-hydrogen) atoms. The smallest absolute Gasteiger partial charge is 0.415 e. The quantitative estimate of drug-likeness (QED) is 0.0697. The Balaban J connectivity index is 0. The number of benzene rings is 1. The second-order valence-corrected chi connectivity index (χ2v) is 9.58. The predicted octanol–water partition coefficient (Wildman–Crippen LogP) is 8.63. The van der Waals surface area contributed by atoms with E-state index in [2.05, 4.69) is 68.7 Å². The molecule has 0 radical (unpaired) electrons. The van der Waals surface area contributed by atoms with E-state index in [1.165, 1.54) is 121 Å². The van der Waals surface area contributed by atoms with Crippen LogP contribution >= 0.6 is 12.2 Å². The van der Waals surface area contributed by atoms with Crippen molar-refractivity contribution in [1.82, 2.24) is 0 Å². The molecule has 0 unspecified atom stereocenters. The fraction of sp³-hybridized carbons (Fsp3) is 0.741. The van der Waals surface area contributed by atoms with Crippen molar-refractivity contribution in [3.63, 3.8) is 0 Å². The van der Waals surface area contributed by atoms with Gasteiger partial charge in [-0.05, 0) is 0 Å². The van der Waals surface area contributed by atoms with Crippen LogP contribution < -0.4 is 5.73 Å². The van der Waals surface area contributed by atoms with Crippen LogP contribution in [0.15, 0.2) is 18.2 Å². The number of rotatable bonds is 18. The summed E-state index contributed by atoms with van der Waals surface area (Å²) in [5.41, 5.74) is 7.73. The largest absolute Gasteiger partial charge is 2.00 e. The Morgan fingerprint density at radius 3 is 1.61 bits per heavy atom. The topological polar surface area (TPSA) is 26.0 Å². The number of nitrogens with two attached hydrogens (primary N) is 1. The number of hydrogen-bond acceptors (Lipinski definition) is 2. The maximum atomic E-state index is 4.66. The standard InChI is InChI=1S/C26H45.CH3NS2.Zn/c1-3-5-7-9-11-13-15-17-21-25-23-19-20-24-26(25)22-18-16-14-12-10-8-6-4-2;2-1(3)4;/h19-20,23H,3-18,21-22H2,1-2H3;(H3,2,3,4);/q-1;;+2/p-1. The van der Waals surface area contributed by atoms with Gasteiger partial charge in [-0.2, -0.15) is 35.4 Å². The first kappa shape index (κ1) is 33.1. The van der Waals surface area contributed by atoms with Gasteiger partial charge in [-0.3, -0.25) is 0 Å². The number of thiocarbonyl (C=S) groups is 1. The zero-order valence-electron chi connectivity index (χ0n) is 20.6. The molecular weight excluding hydrogens is 468 g/mol. The SMILES string of the molecule is CCCCCCCCCCc1[c-]cccc1CCCCCCCCCC.NC(=S)[S-].[Zn+2]. The van der Waals surface area contributed by atoms with Gasteiger partial charge in [0.15, 0.2) is 0 Å². The molecule has 0 bridgehead atoms. The molecule has 0 fully saturated rings. The van der Waals surface area contributed by atoms with Gasteiger partial charge in [0.1, 0.15) is 0 Å². The van der Waals surface area contributed by atoms with E-state index < -0.39 is 0 Å². The third-order valence-electron chi connectivity index (χ3n) is 5.62. The van der Waals surface area contributed by atoms with Crippen LogP contribution in [0.1, 0.15) is 128 Å². The van der Waals surface area contributed by atoms with Gasteiger partial charge in [-0.1, -0.05) is 134 Å². The van der Waals surface area contributed by atoms with Crippen LogP contribution in [-0.2, 0) is 44.9 Å². The second-order valence-electron chi connectivity index (χ2n) is 8.44. The summed E-state index contributed by atoms with van der Waals surface area (Å²) in [7, 11) is 0. The van der Waals surface area contributed by atoms with E-state index in [1.54, 1.807) is 5.56 Å². The minimum atomic E-state index is 0. The molecule has 0 atom stereocenters. The van der Waals surface area contributed by atoms with Crippen LogP contribution in [-0.4, -0.2) is 4.32 Å². The maximum absolute atomic E-state index is 4.66. The van der Waals surface area contributed by atoms with Crippen LogP contribution in [0.3, 0.4) is 0 Å². The minimum Gasteiger partial charge on any atom is -0.415 e. The molecule has 1 aromatic carbocycles. The number of aryl methyl sites for hydroxylation is 2. The molecular formula is C27H47NS2Zn. The average molecular weight is 515 g/mol. The van der Waals surface area contributed by atoms with Gasteiger partial charge in [0, 0.05) is 0 Å². The van der Waals surface area contributed by atoms with Crippen molar-refractivity contribution in [2.45, 2.75) is 129 Å². The molecule has 4 heteroatoms. The Hall–Kier alpha value is -0.0466. The third kappa shape index (κ3) is 24.4. The molecule has 0 saturated carbocycles. The van der Waals surface area contributed by atoms with E-state index in [0.717, 1.165) is 0 Å². The van der Waals surface area contributed by atoms with Crippen LogP contribution in [0.25, 0.3) is 0 Å². The zero-order valence-corrected chi connectivity index (χ0v) is 25.2. The van der Waals surface area contributed by atoms with Crippen LogP contribution in [0.2, 0.25) is 0 Å². The van der Waals surface area contributed by atoms with E-state index in [-0.39, 0.29) is 23.8 Å². The first-order valence-corrected chi connectivity index (χ1v) is 13.4. The minimum absolute atomic E-state index is 0. The van der Waals surface area contributed by atoms with E-state index in [4.69, 9.17) is 0 Å². The third-order valence-corrected chi connectivity index (χ3v) is 5.62. The Kier molecular flexibility index (Phi) is 28.0. The zero-order chi connectivity index (χ0) is 22.3. The van der Waals surface area contributed by atoms with Crippen LogP contribution in [0.4, 0.5) is 0 Å².